The minimum atomic E-state index is -3.98. The number of carbonyl (C=O) groups is 1. The predicted molar refractivity (Wildman–Crippen MR) is 104 cm³/mol. The topological polar surface area (TPSA) is 68.6 Å². The third kappa shape index (κ3) is 5.10. The summed E-state index contributed by atoms with van der Waals surface area (Å²) in [7, 11) is -2.42. The Morgan fingerprint density at radius 1 is 1.30 bits per heavy atom. The average Bonchev–Trinajstić information content (AvgIpc) is 2.89. The first kappa shape index (κ1) is 21.4. The van der Waals surface area contributed by atoms with Crippen molar-refractivity contribution in [2.45, 2.75) is 44.7 Å². The van der Waals surface area contributed by atoms with E-state index in [1.807, 2.05) is 0 Å². The summed E-state index contributed by atoms with van der Waals surface area (Å²) in [5, 5.41) is 0. The molecule has 2 aromatic rings. The minimum Gasteiger partial charge on any atom is -0.444 e. The first-order valence-electron chi connectivity index (χ1n) is 8.14. The van der Waals surface area contributed by atoms with Crippen molar-refractivity contribution in [3.8, 4) is 0 Å². The normalized spacial score (nSPS) is 12.1. The van der Waals surface area contributed by atoms with Crippen LogP contribution in [0.15, 0.2) is 40.0 Å². The van der Waals surface area contributed by atoms with E-state index in [1.54, 1.807) is 40.8 Å². The van der Waals surface area contributed by atoms with Gasteiger partial charge >= 0.3 is 6.09 Å². The number of carbonyl (C=O) groups excluding carboxylic acids is 1. The first-order chi connectivity index (χ1) is 12.3. The molecule has 0 radical (unpaired) electrons. The molecule has 0 unspecified atom stereocenters. The van der Waals surface area contributed by atoms with Crippen molar-refractivity contribution in [2.24, 2.45) is 0 Å². The van der Waals surface area contributed by atoms with Crippen molar-refractivity contribution >= 4 is 32.0 Å². The fourth-order valence-corrected chi connectivity index (χ4v) is 4.51. The Morgan fingerprint density at radius 3 is 2.48 bits per heavy atom. The van der Waals surface area contributed by atoms with E-state index in [4.69, 9.17) is 4.74 Å². The molecular weight excluding hydrogens is 439 g/mol. The van der Waals surface area contributed by atoms with E-state index in [0.29, 0.717) is 11.1 Å². The Hall–Kier alpha value is -1.87. The standard InChI is InChI=1S/C18H22BrFN2O4S/c1-12-6-7-14(9-15(12)20)27(24,25)22-11-13(8-16(22)19)10-21(5)17(23)26-18(2,3)4/h6-9,11H,10H2,1-5H3. The Bertz CT molecular complexity index is 964. The average molecular weight is 461 g/mol. The predicted octanol–water partition coefficient (Wildman–Crippen LogP) is 4.30. The van der Waals surface area contributed by atoms with Gasteiger partial charge in [-0.3, -0.25) is 0 Å². The molecule has 0 saturated carbocycles. The number of hydrogen-bond acceptors (Lipinski definition) is 4. The van der Waals surface area contributed by atoms with Gasteiger partial charge in [-0.15, -0.1) is 0 Å². The van der Waals surface area contributed by atoms with E-state index in [9.17, 15) is 17.6 Å². The largest absolute Gasteiger partial charge is 0.444 e. The number of halogens is 2. The molecule has 0 atom stereocenters. The molecule has 1 aromatic heterocycles. The molecule has 1 amide bonds. The van der Waals surface area contributed by atoms with Crippen molar-refractivity contribution in [2.75, 3.05) is 7.05 Å². The molecule has 0 aliphatic rings. The number of nitrogens with zero attached hydrogens (tertiary/aromatic N) is 2. The van der Waals surface area contributed by atoms with Crippen LogP contribution in [0.25, 0.3) is 0 Å². The van der Waals surface area contributed by atoms with Crippen LogP contribution in [-0.4, -0.2) is 36.0 Å². The molecule has 0 saturated heterocycles. The van der Waals surface area contributed by atoms with Crippen LogP contribution >= 0.6 is 15.9 Å². The molecule has 6 nitrogen and oxygen atoms in total. The lowest BCUT2D eigenvalue weighted by Crippen LogP contribution is -2.33. The van der Waals surface area contributed by atoms with Crippen LogP contribution in [0.2, 0.25) is 0 Å². The van der Waals surface area contributed by atoms with Crippen LogP contribution in [-0.2, 0) is 21.3 Å². The van der Waals surface area contributed by atoms with Crippen molar-refractivity contribution in [1.29, 1.82) is 0 Å². The van der Waals surface area contributed by atoms with Crippen LogP contribution in [0.1, 0.15) is 31.9 Å². The molecule has 148 valence electrons. The highest BCUT2D eigenvalue weighted by atomic mass is 79.9. The second kappa shape index (κ2) is 7.63. The second-order valence-corrected chi connectivity index (χ2v) is 9.85. The van der Waals surface area contributed by atoms with Crippen LogP contribution in [0.3, 0.4) is 0 Å². The third-order valence-electron chi connectivity index (χ3n) is 3.62. The van der Waals surface area contributed by atoms with Gasteiger partial charge in [-0.1, -0.05) is 6.07 Å². The zero-order valence-corrected chi connectivity index (χ0v) is 18.2. The SMILES string of the molecule is Cc1ccc(S(=O)(=O)n2cc(CN(C)C(=O)OC(C)(C)C)cc2Br)cc1F. The maximum absolute atomic E-state index is 13.8. The lowest BCUT2D eigenvalue weighted by atomic mass is 10.2. The van der Waals surface area contributed by atoms with Gasteiger partial charge in [-0.25, -0.2) is 21.6 Å². The van der Waals surface area contributed by atoms with E-state index in [2.05, 4.69) is 15.9 Å². The van der Waals surface area contributed by atoms with Crippen LogP contribution in [0.5, 0.6) is 0 Å². The van der Waals surface area contributed by atoms with Crippen molar-refractivity contribution in [3.05, 3.63) is 52.0 Å². The van der Waals surface area contributed by atoms with Crippen molar-refractivity contribution in [3.63, 3.8) is 0 Å². The Labute approximate surface area is 167 Å². The van der Waals surface area contributed by atoms with Crippen LogP contribution in [0, 0.1) is 12.7 Å². The highest BCUT2D eigenvalue weighted by Gasteiger charge is 2.23. The lowest BCUT2D eigenvalue weighted by molar-refractivity contribution is 0.0285. The Balaban J connectivity index is 2.27. The number of ether oxygens (including phenoxy) is 1. The van der Waals surface area contributed by atoms with Crippen LogP contribution in [0.4, 0.5) is 9.18 Å². The van der Waals surface area contributed by atoms with Crippen molar-refractivity contribution < 1.29 is 22.3 Å². The summed E-state index contributed by atoms with van der Waals surface area (Å²) in [5.74, 6) is -0.593. The number of aromatic nitrogens is 1. The highest BCUT2D eigenvalue weighted by Crippen LogP contribution is 2.24. The number of benzene rings is 1. The minimum absolute atomic E-state index is 0.151. The fourth-order valence-electron chi connectivity index (χ4n) is 2.26. The first-order valence-corrected chi connectivity index (χ1v) is 10.4. The summed E-state index contributed by atoms with van der Waals surface area (Å²) in [5.41, 5.74) is 0.308. The molecule has 0 N–H and O–H groups in total. The Morgan fingerprint density at radius 2 is 1.93 bits per heavy atom. The van der Waals surface area contributed by atoms with E-state index in [0.717, 1.165) is 10.0 Å². The highest BCUT2D eigenvalue weighted by molar-refractivity contribution is 9.10. The van der Waals surface area contributed by atoms with Crippen molar-refractivity contribution in [1.82, 2.24) is 8.87 Å². The molecule has 0 fully saturated rings. The zero-order valence-electron chi connectivity index (χ0n) is 15.8. The summed E-state index contributed by atoms with van der Waals surface area (Å²) in [6.45, 7) is 7.00. The lowest BCUT2D eigenvalue weighted by Gasteiger charge is -2.24. The quantitative estimate of drug-likeness (QED) is 0.681. The molecule has 27 heavy (non-hydrogen) atoms. The molecule has 1 aromatic carbocycles. The number of hydrogen-bond donors (Lipinski definition) is 0. The van der Waals surface area contributed by atoms with Gasteiger partial charge in [0.2, 0.25) is 0 Å². The summed E-state index contributed by atoms with van der Waals surface area (Å²) in [6.07, 6.45) is 0.868. The maximum Gasteiger partial charge on any atom is 0.410 e. The number of aryl methyl sites for hydroxylation is 1. The summed E-state index contributed by atoms with van der Waals surface area (Å²) >= 11 is 3.21. The van der Waals surface area contributed by atoms with E-state index >= 15 is 0 Å². The number of amides is 1. The molecular formula is C18H22BrFN2O4S. The smallest absolute Gasteiger partial charge is 0.410 e. The maximum atomic E-state index is 13.8. The van der Waals surface area contributed by atoms with Gasteiger partial charge in [-0.05, 0) is 73.0 Å². The third-order valence-corrected chi connectivity index (χ3v) is 6.14. The Kier molecular flexibility index (Phi) is 6.06. The molecule has 1 heterocycles. The molecule has 2 rings (SSSR count). The van der Waals surface area contributed by atoms with Gasteiger partial charge in [0.25, 0.3) is 10.0 Å². The van der Waals surface area contributed by atoms with Gasteiger partial charge in [-0.2, -0.15) is 0 Å². The van der Waals surface area contributed by atoms with E-state index in [1.165, 1.54) is 23.2 Å². The summed E-state index contributed by atoms with van der Waals surface area (Å²) in [6, 6.07) is 5.34. The zero-order chi connectivity index (χ0) is 20.6. The second-order valence-electron chi connectivity index (χ2n) is 7.22. The number of rotatable bonds is 4. The van der Waals surface area contributed by atoms with Gasteiger partial charge in [0, 0.05) is 13.2 Å². The van der Waals surface area contributed by atoms with Gasteiger partial charge in [0.15, 0.2) is 0 Å². The van der Waals surface area contributed by atoms with Gasteiger partial charge in [0.05, 0.1) is 11.4 Å². The van der Waals surface area contributed by atoms with E-state index < -0.39 is 27.5 Å². The molecule has 0 bridgehead atoms. The molecule has 9 heteroatoms. The molecule has 0 aliphatic carbocycles. The van der Waals surface area contributed by atoms with Gasteiger partial charge in [0.1, 0.15) is 16.0 Å². The van der Waals surface area contributed by atoms with Gasteiger partial charge < -0.3 is 9.64 Å². The molecule has 0 spiro atoms. The fraction of sp³-hybridized carbons (Fsp3) is 0.389. The van der Waals surface area contributed by atoms with E-state index in [-0.39, 0.29) is 16.0 Å². The molecule has 0 aliphatic heterocycles. The van der Waals surface area contributed by atoms with Crippen LogP contribution < -0.4 is 0 Å². The summed E-state index contributed by atoms with van der Waals surface area (Å²) in [4.78, 5) is 13.3. The monoisotopic (exact) mass is 460 g/mol. The summed E-state index contributed by atoms with van der Waals surface area (Å²) < 4.78 is 45.9.